The summed E-state index contributed by atoms with van der Waals surface area (Å²) in [7, 11) is 3.46. The fourth-order valence-corrected chi connectivity index (χ4v) is 5.48. The topological polar surface area (TPSA) is 194 Å². The molecular formula is C43H95N3O14. The van der Waals surface area contributed by atoms with E-state index in [0.29, 0.717) is 66.1 Å². The van der Waals surface area contributed by atoms with E-state index in [4.69, 9.17) is 68.2 Å². The molecule has 0 saturated heterocycles. The van der Waals surface area contributed by atoms with Crippen LogP contribution in [0.4, 0.5) is 0 Å². The quantitative estimate of drug-likeness (QED) is 0.0555. The Morgan fingerprint density at radius 1 is 0.283 bits per heavy atom. The van der Waals surface area contributed by atoms with Gasteiger partial charge in [0, 0.05) is 93.1 Å². The number of nitrogens with zero attached hydrogens (tertiary/aromatic N) is 3. The SMILES string of the molecule is CCCOCCCN(CCOCC)CCOCCO.COCCCCCCCN(CCOCCO)CCOCCO.COCCCCN(CCOCCO)CCOCCO. The van der Waals surface area contributed by atoms with E-state index in [-0.39, 0.29) is 33.0 Å². The third-order valence-corrected chi connectivity index (χ3v) is 8.70. The lowest BCUT2D eigenvalue weighted by atomic mass is 10.1. The van der Waals surface area contributed by atoms with Gasteiger partial charge in [-0.1, -0.05) is 26.2 Å². The molecule has 17 heteroatoms. The van der Waals surface area contributed by atoms with E-state index in [0.717, 1.165) is 131 Å². The van der Waals surface area contributed by atoms with Gasteiger partial charge in [-0.3, -0.25) is 14.7 Å². The zero-order valence-corrected chi connectivity index (χ0v) is 38.8. The highest BCUT2D eigenvalue weighted by atomic mass is 16.5. The molecule has 0 fully saturated rings. The van der Waals surface area contributed by atoms with E-state index in [1.54, 1.807) is 14.2 Å². The molecule has 0 radical (unpaired) electrons. The standard InChI is InChI=1S/C16H35NO5.C14H31NO4.C13H29NO5/c1-20-12-6-4-2-3-5-7-17(8-13-21-15-10-18)9-14-22-16-11-19;1-3-10-18-11-5-6-15(7-12-17-4-2)8-13-19-14-9-16;1-17-9-3-2-4-14(5-10-18-12-7-15)6-11-19-13-8-16/h18-19H,2-16H2,1H3;16H,3-14H2,1-2H3;15-16H,2-13H2,1H3. The van der Waals surface area contributed by atoms with E-state index in [9.17, 15) is 0 Å². The summed E-state index contributed by atoms with van der Waals surface area (Å²) in [4.78, 5) is 6.91. The number of aliphatic hydroxyl groups excluding tert-OH is 5. The Kier molecular flexibility index (Phi) is 64.0. The molecule has 0 atom stereocenters. The van der Waals surface area contributed by atoms with Crippen LogP contribution in [0.5, 0.6) is 0 Å². The van der Waals surface area contributed by atoms with Gasteiger partial charge in [0.2, 0.25) is 0 Å². The Morgan fingerprint density at radius 3 is 0.933 bits per heavy atom. The monoisotopic (exact) mass is 878 g/mol. The molecule has 0 heterocycles. The molecule has 0 unspecified atom stereocenters. The van der Waals surface area contributed by atoms with Gasteiger partial charge < -0.3 is 68.2 Å². The summed E-state index contributed by atoms with van der Waals surface area (Å²) in [6.45, 7) is 22.6. The van der Waals surface area contributed by atoms with Crippen LogP contribution in [0.15, 0.2) is 0 Å². The predicted molar refractivity (Wildman–Crippen MR) is 237 cm³/mol. The molecule has 0 bridgehead atoms. The second-order valence-corrected chi connectivity index (χ2v) is 13.8. The van der Waals surface area contributed by atoms with Gasteiger partial charge >= 0.3 is 0 Å². The summed E-state index contributed by atoms with van der Waals surface area (Å²) in [5.41, 5.74) is 0. The first-order chi connectivity index (χ1) is 29.5. The molecular weight excluding hydrogens is 782 g/mol. The van der Waals surface area contributed by atoms with Gasteiger partial charge in [-0.05, 0) is 58.5 Å². The van der Waals surface area contributed by atoms with Gasteiger partial charge in [-0.15, -0.1) is 0 Å². The number of hydrogen-bond donors (Lipinski definition) is 5. The smallest absolute Gasteiger partial charge is 0.0698 e. The van der Waals surface area contributed by atoms with Crippen LogP contribution in [0.25, 0.3) is 0 Å². The molecule has 60 heavy (non-hydrogen) atoms. The van der Waals surface area contributed by atoms with Crippen LogP contribution in [0.2, 0.25) is 0 Å². The van der Waals surface area contributed by atoms with E-state index in [1.807, 2.05) is 6.92 Å². The molecule has 0 saturated carbocycles. The first-order valence-electron chi connectivity index (χ1n) is 22.8. The van der Waals surface area contributed by atoms with Crippen molar-refractivity contribution >= 4 is 0 Å². The molecule has 5 N–H and O–H groups in total. The van der Waals surface area contributed by atoms with Crippen LogP contribution >= 0.6 is 0 Å². The molecule has 0 aromatic carbocycles. The summed E-state index contributed by atoms with van der Waals surface area (Å²) in [6, 6.07) is 0. The Morgan fingerprint density at radius 2 is 0.583 bits per heavy atom. The Balaban J connectivity index is -0.000000815. The second kappa shape index (κ2) is 60.4. The normalized spacial score (nSPS) is 11.4. The van der Waals surface area contributed by atoms with Gasteiger partial charge in [0.05, 0.1) is 106 Å². The van der Waals surface area contributed by atoms with Gasteiger partial charge in [0.15, 0.2) is 0 Å². The van der Waals surface area contributed by atoms with Crippen molar-refractivity contribution in [3.63, 3.8) is 0 Å². The van der Waals surface area contributed by atoms with Crippen molar-refractivity contribution in [2.24, 2.45) is 0 Å². The molecule has 0 spiro atoms. The average Bonchev–Trinajstić information content (AvgIpc) is 3.26. The largest absolute Gasteiger partial charge is 0.394 e. The summed E-state index contributed by atoms with van der Waals surface area (Å²) in [5, 5.41) is 43.3. The predicted octanol–water partition coefficient (Wildman–Crippen LogP) is 1.79. The minimum Gasteiger partial charge on any atom is -0.394 e. The van der Waals surface area contributed by atoms with Crippen LogP contribution in [-0.2, 0) is 42.6 Å². The number of methoxy groups -OCH3 is 2. The van der Waals surface area contributed by atoms with E-state index in [1.165, 1.54) is 25.7 Å². The van der Waals surface area contributed by atoms with E-state index in [2.05, 4.69) is 21.6 Å². The van der Waals surface area contributed by atoms with Crippen molar-refractivity contribution in [2.75, 3.05) is 212 Å². The Hall–Kier alpha value is -0.680. The fourth-order valence-electron chi connectivity index (χ4n) is 5.48. The highest BCUT2D eigenvalue weighted by Crippen LogP contribution is 2.05. The van der Waals surface area contributed by atoms with Gasteiger partial charge in [-0.2, -0.15) is 0 Å². The molecule has 17 nitrogen and oxygen atoms in total. The first kappa shape index (κ1) is 63.6. The Bertz CT molecular complexity index is 687. The number of ether oxygens (including phenoxy) is 9. The maximum absolute atomic E-state index is 8.70. The lowest BCUT2D eigenvalue weighted by molar-refractivity contribution is 0.0497. The average molecular weight is 878 g/mol. The van der Waals surface area contributed by atoms with Crippen molar-refractivity contribution in [1.82, 2.24) is 14.7 Å². The van der Waals surface area contributed by atoms with Crippen LogP contribution in [-0.4, -0.2) is 252 Å². The molecule has 0 rings (SSSR count). The molecule has 0 aliphatic heterocycles. The summed E-state index contributed by atoms with van der Waals surface area (Å²) < 4.78 is 47.4. The second-order valence-electron chi connectivity index (χ2n) is 13.8. The fraction of sp³-hybridized carbons (Fsp3) is 1.00. The number of aliphatic hydroxyl groups is 5. The maximum Gasteiger partial charge on any atom is 0.0698 e. The highest BCUT2D eigenvalue weighted by Gasteiger charge is 2.07. The van der Waals surface area contributed by atoms with Gasteiger partial charge in [-0.25, -0.2) is 0 Å². The number of unbranched alkanes of at least 4 members (excludes halogenated alkanes) is 5. The van der Waals surface area contributed by atoms with Crippen molar-refractivity contribution in [1.29, 1.82) is 0 Å². The van der Waals surface area contributed by atoms with Crippen molar-refractivity contribution < 1.29 is 68.2 Å². The lowest BCUT2D eigenvalue weighted by Crippen LogP contribution is -2.32. The lowest BCUT2D eigenvalue weighted by Gasteiger charge is -2.22. The van der Waals surface area contributed by atoms with Crippen LogP contribution in [0, 0.1) is 0 Å². The minimum atomic E-state index is 0.0629. The minimum absolute atomic E-state index is 0.0629. The zero-order valence-electron chi connectivity index (χ0n) is 38.8. The third-order valence-electron chi connectivity index (χ3n) is 8.70. The third kappa shape index (κ3) is 57.3. The molecule has 0 aromatic heterocycles. The summed E-state index contributed by atoms with van der Waals surface area (Å²) in [6.07, 6.45) is 10.3. The van der Waals surface area contributed by atoms with Crippen molar-refractivity contribution in [2.45, 2.75) is 71.6 Å². The Labute approximate surface area is 365 Å². The molecule has 0 aliphatic carbocycles. The van der Waals surface area contributed by atoms with Crippen molar-refractivity contribution in [3.05, 3.63) is 0 Å². The molecule has 0 aromatic rings. The highest BCUT2D eigenvalue weighted by molar-refractivity contribution is 4.60. The van der Waals surface area contributed by atoms with E-state index < -0.39 is 0 Å². The number of hydrogen-bond acceptors (Lipinski definition) is 17. The van der Waals surface area contributed by atoms with Gasteiger partial charge in [0.25, 0.3) is 0 Å². The van der Waals surface area contributed by atoms with Crippen LogP contribution < -0.4 is 0 Å². The summed E-state index contributed by atoms with van der Waals surface area (Å²) >= 11 is 0. The van der Waals surface area contributed by atoms with E-state index >= 15 is 0 Å². The molecule has 0 aliphatic rings. The molecule has 0 amide bonds. The maximum atomic E-state index is 8.70. The van der Waals surface area contributed by atoms with Crippen molar-refractivity contribution in [3.8, 4) is 0 Å². The van der Waals surface area contributed by atoms with Gasteiger partial charge in [0.1, 0.15) is 0 Å². The van der Waals surface area contributed by atoms with Crippen LogP contribution in [0.3, 0.4) is 0 Å². The zero-order chi connectivity index (χ0) is 44.7. The number of rotatable bonds is 48. The van der Waals surface area contributed by atoms with Crippen LogP contribution in [0.1, 0.15) is 71.6 Å². The summed E-state index contributed by atoms with van der Waals surface area (Å²) in [5.74, 6) is 0. The first-order valence-corrected chi connectivity index (χ1v) is 22.8. The molecule has 366 valence electrons.